The number of oxazole rings is 1. The summed E-state index contributed by atoms with van der Waals surface area (Å²) in [4.78, 5) is 28.7. The normalized spacial score (nSPS) is 21.7. The van der Waals surface area contributed by atoms with Crippen LogP contribution in [0.3, 0.4) is 0 Å². The predicted molar refractivity (Wildman–Crippen MR) is 137 cm³/mol. The highest BCUT2D eigenvalue weighted by atomic mass is 32.2. The number of imidazole rings is 1. The molecule has 4 aromatic rings. The van der Waals surface area contributed by atoms with Crippen LogP contribution in [0.25, 0.3) is 22.5 Å². The van der Waals surface area contributed by atoms with E-state index in [4.69, 9.17) is 14.9 Å². The van der Waals surface area contributed by atoms with Gasteiger partial charge in [-0.15, -0.1) is 0 Å². The van der Waals surface area contributed by atoms with Crippen LogP contribution < -0.4 is 10.5 Å². The molecule has 14 nitrogen and oxygen atoms in total. The van der Waals surface area contributed by atoms with Crippen molar-refractivity contribution in [3.8, 4) is 11.3 Å². The second kappa shape index (κ2) is 11.0. The highest BCUT2D eigenvalue weighted by Crippen LogP contribution is 2.32. The van der Waals surface area contributed by atoms with Crippen molar-refractivity contribution in [2.45, 2.75) is 37.4 Å². The fraction of sp³-hybridized carbons (Fsp3) is 0.292. The highest BCUT2D eigenvalue weighted by Gasteiger charge is 2.44. The molecule has 0 unspecified atom stereocenters. The van der Waals surface area contributed by atoms with Gasteiger partial charge < -0.3 is 25.1 Å². The number of Topliss-reactive ketones (excluding diaryl/α,β-unsaturated/α-hetero) is 1. The summed E-state index contributed by atoms with van der Waals surface area (Å²) in [6.45, 7) is -0.311. The smallest absolute Gasteiger partial charge is 0.233 e. The van der Waals surface area contributed by atoms with Gasteiger partial charge in [-0.2, -0.15) is 0 Å². The average molecular weight is 556 g/mol. The first-order chi connectivity index (χ1) is 18.7. The van der Waals surface area contributed by atoms with Crippen molar-refractivity contribution in [1.82, 2.24) is 29.2 Å². The Bertz CT molecular complexity index is 1600. The third-order valence-electron chi connectivity index (χ3n) is 6.22. The molecule has 204 valence electrons. The van der Waals surface area contributed by atoms with Crippen molar-refractivity contribution in [3.63, 3.8) is 0 Å². The Kier molecular flexibility index (Phi) is 7.49. The molecule has 0 saturated carbocycles. The van der Waals surface area contributed by atoms with Gasteiger partial charge in [0.2, 0.25) is 10.0 Å². The van der Waals surface area contributed by atoms with Crippen molar-refractivity contribution >= 4 is 32.8 Å². The van der Waals surface area contributed by atoms with Crippen LogP contribution in [0.2, 0.25) is 0 Å². The quantitative estimate of drug-likeness (QED) is 0.200. The number of fused-ring (bicyclic) bond motifs is 1. The number of nitrogens with two attached hydrogens (primary N) is 1. The molecular formula is C24H25N7O7S. The number of hydrogen-bond donors (Lipinski definition) is 4. The lowest BCUT2D eigenvalue weighted by Gasteiger charge is -2.16. The van der Waals surface area contributed by atoms with Crippen LogP contribution in [0.1, 0.15) is 29.4 Å². The van der Waals surface area contributed by atoms with Gasteiger partial charge in [0, 0.05) is 29.5 Å². The van der Waals surface area contributed by atoms with Crippen LogP contribution in [-0.2, 0) is 14.8 Å². The Labute approximate surface area is 222 Å². The zero-order valence-electron chi connectivity index (χ0n) is 20.4. The lowest BCUT2D eigenvalue weighted by atomic mass is 9.99. The molecule has 0 radical (unpaired) electrons. The van der Waals surface area contributed by atoms with Gasteiger partial charge in [-0.3, -0.25) is 9.36 Å². The summed E-state index contributed by atoms with van der Waals surface area (Å²) in [6.07, 6.45) is 2.07. The lowest BCUT2D eigenvalue weighted by Crippen LogP contribution is -2.39. The fourth-order valence-corrected chi connectivity index (χ4v) is 5.15. The number of carbonyl (C=O) groups is 1. The van der Waals surface area contributed by atoms with Crippen LogP contribution in [0.15, 0.2) is 65.4 Å². The molecule has 5 rings (SSSR count). The number of ketones is 1. The first kappa shape index (κ1) is 26.6. The molecular weight excluding hydrogens is 530 g/mol. The molecule has 3 aromatic heterocycles. The summed E-state index contributed by atoms with van der Waals surface area (Å²) in [6, 6.07) is 6.93. The molecule has 1 aliphatic heterocycles. The first-order valence-electron chi connectivity index (χ1n) is 11.9. The number of ether oxygens (including phenoxy) is 1. The average Bonchev–Trinajstić information content (AvgIpc) is 3.67. The van der Waals surface area contributed by atoms with Gasteiger partial charge in [0.15, 0.2) is 35.6 Å². The van der Waals surface area contributed by atoms with Crippen molar-refractivity contribution < 1.29 is 32.6 Å². The maximum absolute atomic E-state index is 12.7. The summed E-state index contributed by atoms with van der Waals surface area (Å²) in [5, 5.41) is 21.9. The van der Waals surface area contributed by atoms with Crippen molar-refractivity contribution in [3.05, 3.63) is 66.6 Å². The maximum atomic E-state index is 12.7. The van der Waals surface area contributed by atoms with Crippen LogP contribution in [-0.4, -0.2) is 73.8 Å². The van der Waals surface area contributed by atoms with E-state index in [0.29, 0.717) is 28.1 Å². The van der Waals surface area contributed by atoms with Crippen molar-refractivity contribution in [2.75, 3.05) is 12.3 Å². The minimum atomic E-state index is -3.92. The van der Waals surface area contributed by atoms with E-state index in [1.807, 2.05) is 0 Å². The van der Waals surface area contributed by atoms with E-state index in [1.54, 1.807) is 24.3 Å². The van der Waals surface area contributed by atoms with E-state index >= 15 is 0 Å². The minimum Gasteiger partial charge on any atom is -0.443 e. The predicted octanol–water partition coefficient (Wildman–Crippen LogP) is 0.779. The molecule has 15 heteroatoms. The Balaban J connectivity index is 1.16. The van der Waals surface area contributed by atoms with Gasteiger partial charge in [-0.25, -0.2) is 33.1 Å². The lowest BCUT2D eigenvalue weighted by molar-refractivity contribution is -0.0329. The molecule has 1 fully saturated rings. The van der Waals surface area contributed by atoms with E-state index in [9.17, 15) is 23.4 Å². The minimum absolute atomic E-state index is 0.0719. The molecule has 1 aliphatic rings. The second-order valence-electron chi connectivity index (χ2n) is 8.77. The first-order valence-corrected chi connectivity index (χ1v) is 13.4. The van der Waals surface area contributed by atoms with Crippen molar-refractivity contribution in [1.29, 1.82) is 0 Å². The molecule has 5 N–H and O–H groups in total. The number of rotatable bonds is 10. The number of nitrogens with zero attached hydrogens (tertiary/aromatic N) is 5. The van der Waals surface area contributed by atoms with Gasteiger partial charge in [0.05, 0.1) is 12.5 Å². The van der Waals surface area contributed by atoms with E-state index in [1.165, 1.54) is 35.9 Å². The highest BCUT2D eigenvalue weighted by molar-refractivity contribution is 7.92. The Hall–Kier alpha value is -4.02. The number of allylic oxidation sites excluding steroid dienone is 1. The summed E-state index contributed by atoms with van der Waals surface area (Å²) in [7, 11) is -3.92. The SMILES string of the molecule is Nc1ncnc2c1ncn2[C@@H]1O[C@H](CNS(=O)(=O)/C=C/CCC(=O)c2ccccc2-c2cnco2)[C@@H](O)[C@H]1O. The molecule has 0 aliphatic carbocycles. The number of aliphatic hydroxyl groups excluding tert-OH is 2. The maximum Gasteiger partial charge on any atom is 0.233 e. The molecule has 4 atom stereocenters. The van der Waals surface area contributed by atoms with E-state index in [0.717, 1.165) is 5.41 Å². The van der Waals surface area contributed by atoms with Crippen LogP contribution in [0.5, 0.6) is 0 Å². The van der Waals surface area contributed by atoms with E-state index < -0.39 is 34.6 Å². The second-order valence-corrected chi connectivity index (χ2v) is 10.4. The monoisotopic (exact) mass is 555 g/mol. The largest absolute Gasteiger partial charge is 0.443 e. The summed E-state index contributed by atoms with van der Waals surface area (Å²) < 4.78 is 39.7. The van der Waals surface area contributed by atoms with Crippen LogP contribution in [0.4, 0.5) is 5.82 Å². The summed E-state index contributed by atoms with van der Waals surface area (Å²) in [5.74, 6) is 0.422. The Morgan fingerprint density at radius 1 is 1.18 bits per heavy atom. The molecule has 1 saturated heterocycles. The van der Waals surface area contributed by atoms with E-state index in [2.05, 4.69) is 24.7 Å². The number of benzene rings is 1. The summed E-state index contributed by atoms with van der Waals surface area (Å²) in [5.41, 5.74) is 7.44. The van der Waals surface area contributed by atoms with Gasteiger partial charge in [0.25, 0.3) is 0 Å². The topological polar surface area (TPSA) is 209 Å². The molecule has 39 heavy (non-hydrogen) atoms. The molecule has 0 amide bonds. The van der Waals surface area contributed by atoms with Gasteiger partial charge in [-0.05, 0) is 6.42 Å². The fourth-order valence-electron chi connectivity index (χ4n) is 4.26. The Morgan fingerprint density at radius 3 is 2.79 bits per heavy atom. The molecule has 0 bridgehead atoms. The number of sulfonamides is 1. The standard InChI is InChI=1S/C24H25N7O7S/c25-22-19-23(28-11-27-22)31(12-29-19)24-21(34)20(33)18(38-24)10-30-39(35,36)8-4-3-7-16(32)14-5-1-2-6-15(14)17-9-26-13-37-17/h1-2,4-6,8-9,11-13,18,20-21,24,30,33-34H,3,7,10H2,(H2,25,27,28)/b8-4+/t18-,20-,21-,24-/m1/s1. The molecule has 1 aromatic carbocycles. The zero-order valence-corrected chi connectivity index (χ0v) is 21.2. The van der Waals surface area contributed by atoms with Gasteiger partial charge in [0.1, 0.15) is 30.2 Å². The molecule has 4 heterocycles. The third kappa shape index (κ3) is 5.57. The number of aromatic nitrogens is 5. The van der Waals surface area contributed by atoms with Crippen molar-refractivity contribution in [2.24, 2.45) is 0 Å². The van der Waals surface area contributed by atoms with Gasteiger partial charge >= 0.3 is 0 Å². The number of carbonyl (C=O) groups excluding carboxylic acids is 1. The third-order valence-corrected chi connectivity index (χ3v) is 7.34. The van der Waals surface area contributed by atoms with Gasteiger partial charge in [-0.1, -0.05) is 30.3 Å². The number of aliphatic hydroxyl groups is 2. The summed E-state index contributed by atoms with van der Waals surface area (Å²) >= 11 is 0. The van der Waals surface area contributed by atoms with Crippen LogP contribution >= 0.6 is 0 Å². The number of anilines is 1. The number of hydrogen-bond acceptors (Lipinski definition) is 12. The zero-order chi connectivity index (χ0) is 27.6. The number of nitrogens with one attached hydrogen (secondary N) is 1. The Morgan fingerprint density at radius 2 is 2.00 bits per heavy atom. The van der Waals surface area contributed by atoms with E-state index in [-0.39, 0.29) is 31.0 Å². The van der Waals surface area contributed by atoms with Crippen LogP contribution in [0, 0.1) is 0 Å². The number of nitrogen functional groups attached to an aromatic ring is 1. The molecule has 0 spiro atoms.